The third kappa shape index (κ3) is 1.74. The summed E-state index contributed by atoms with van der Waals surface area (Å²) in [6, 6.07) is 13.0. The molecule has 1 heterocycles. The highest BCUT2D eigenvalue weighted by atomic mass is 35.5. The standard InChI is InChI=1S/C13H9ClN2O/c14-9-3-1-2-8(6-9)13-11-5-4-10(15)7-12(11)16-17-13/h1-7H,15H2. The number of nitrogens with two attached hydrogens (primary N) is 1. The quantitative estimate of drug-likeness (QED) is 0.664. The molecule has 0 aliphatic rings. The summed E-state index contributed by atoms with van der Waals surface area (Å²) in [5.74, 6) is 0.711. The maximum atomic E-state index is 5.96. The van der Waals surface area contributed by atoms with Crippen molar-refractivity contribution in [1.29, 1.82) is 0 Å². The number of fused-ring (bicyclic) bond motifs is 1. The van der Waals surface area contributed by atoms with Crippen molar-refractivity contribution in [3.63, 3.8) is 0 Å². The number of aromatic nitrogens is 1. The van der Waals surface area contributed by atoms with Gasteiger partial charge in [-0.3, -0.25) is 0 Å². The molecule has 0 bridgehead atoms. The molecule has 4 heteroatoms. The summed E-state index contributed by atoms with van der Waals surface area (Å²) < 4.78 is 5.35. The van der Waals surface area contributed by atoms with Gasteiger partial charge in [0.1, 0.15) is 5.52 Å². The average Bonchev–Trinajstić information content (AvgIpc) is 2.71. The van der Waals surface area contributed by atoms with E-state index in [1.54, 1.807) is 6.07 Å². The van der Waals surface area contributed by atoms with Crippen molar-refractivity contribution in [2.75, 3.05) is 5.73 Å². The summed E-state index contributed by atoms with van der Waals surface area (Å²) >= 11 is 5.96. The highest BCUT2D eigenvalue weighted by Gasteiger charge is 2.10. The lowest BCUT2D eigenvalue weighted by atomic mass is 10.1. The molecule has 0 spiro atoms. The second-order valence-corrected chi connectivity index (χ2v) is 4.24. The molecule has 0 amide bonds. The van der Waals surface area contributed by atoms with E-state index in [1.807, 2.05) is 36.4 Å². The van der Waals surface area contributed by atoms with E-state index in [0.29, 0.717) is 16.5 Å². The van der Waals surface area contributed by atoms with Crippen molar-refractivity contribution in [3.8, 4) is 11.3 Å². The molecular formula is C13H9ClN2O. The van der Waals surface area contributed by atoms with Gasteiger partial charge in [-0.15, -0.1) is 0 Å². The molecule has 0 atom stereocenters. The predicted molar refractivity (Wildman–Crippen MR) is 68.9 cm³/mol. The topological polar surface area (TPSA) is 52.0 Å². The summed E-state index contributed by atoms with van der Waals surface area (Å²) in [6.45, 7) is 0. The lowest BCUT2D eigenvalue weighted by Gasteiger charge is -1.97. The molecular weight excluding hydrogens is 236 g/mol. The predicted octanol–water partition coefficient (Wildman–Crippen LogP) is 3.73. The Labute approximate surface area is 103 Å². The number of nitrogen functional groups attached to an aromatic ring is 1. The van der Waals surface area contributed by atoms with Gasteiger partial charge in [-0.05, 0) is 30.3 Å². The van der Waals surface area contributed by atoms with Gasteiger partial charge in [0.15, 0.2) is 5.76 Å². The van der Waals surface area contributed by atoms with Crippen LogP contribution in [0.15, 0.2) is 47.0 Å². The Kier molecular flexibility index (Phi) is 2.27. The summed E-state index contributed by atoms with van der Waals surface area (Å²) in [5.41, 5.74) is 8.02. The first-order valence-electron chi connectivity index (χ1n) is 5.15. The fourth-order valence-electron chi connectivity index (χ4n) is 1.80. The van der Waals surface area contributed by atoms with Crippen molar-refractivity contribution in [2.45, 2.75) is 0 Å². The van der Waals surface area contributed by atoms with Crippen LogP contribution in [0, 0.1) is 0 Å². The number of halogens is 1. The van der Waals surface area contributed by atoms with Crippen LogP contribution in [0.1, 0.15) is 0 Å². The van der Waals surface area contributed by atoms with Gasteiger partial charge in [-0.25, -0.2) is 0 Å². The van der Waals surface area contributed by atoms with Crippen molar-refractivity contribution in [1.82, 2.24) is 5.16 Å². The minimum absolute atomic E-state index is 0.669. The largest absolute Gasteiger partial charge is 0.399 e. The first-order valence-corrected chi connectivity index (χ1v) is 5.53. The first kappa shape index (κ1) is 10.2. The molecule has 0 fully saturated rings. The summed E-state index contributed by atoms with van der Waals surface area (Å²) in [5, 5.41) is 5.59. The van der Waals surface area contributed by atoms with E-state index in [9.17, 15) is 0 Å². The molecule has 1 aromatic heterocycles. The minimum atomic E-state index is 0.669. The van der Waals surface area contributed by atoms with Crippen molar-refractivity contribution < 1.29 is 4.52 Å². The third-order valence-corrected chi connectivity index (χ3v) is 2.82. The number of nitrogens with zero attached hydrogens (tertiary/aromatic N) is 1. The minimum Gasteiger partial charge on any atom is -0.399 e. The van der Waals surface area contributed by atoms with E-state index in [4.69, 9.17) is 21.9 Å². The van der Waals surface area contributed by atoms with E-state index >= 15 is 0 Å². The van der Waals surface area contributed by atoms with Gasteiger partial charge >= 0.3 is 0 Å². The maximum Gasteiger partial charge on any atom is 0.174 e. The zero-order valence-corrected chi connectivity index (χ0v) is 9.61. The summed E-state index contributed by atoms with van der Waals surface area (Å²) in [4.78, 5) is 0. The van der Waals surface area contributed by atoms with Crippen LogP contribution in [0.2, 0.25) is 5.02 Å². The molecule has 0 saturated heterocycles. The Morgan fingerprint density at radius 1 is 1.12 bits per heavy atom. The molecule has 0 saturated carbocycles. The second kappa shape index (κ2) is 3.79. The highest BCUT2D eigenvalue weighted by molar-refractivity contribution is 6.30. The molecule has 3 rings (SSSR count). The van der Waals surface area contributed by atoms with E-state index < -0.39 is 0 Å². The zero-order valence-electron chi connectivity index (χ0n) is 8.85. The highest BCUT2D eigenvalue weighted by Crippen LogP contribution is 2.30. The van der Waals surface area contributed by atoms with Gasteiger partial charge < -0.3 is 10.3 Å². The number of anilines is 1. The van der Waals surface area contributed by atoms with Crippen LogP contribution in [0.5, 0.6) is 0 Å². The number of benzene rings is 2. The third-order valence-electron chi connectivity index (χ3n) is 2.59. The second-order valence-electron chi connectivity index (χ2n) is 3.80. The van der Waals surface area contributed by atoms with E-state index in [2.05, 4.69) is 5.16 Å². The fraction of sp³-hybridized carbons (Fsp3) is 0. The van der Waals surface area contributed by atoms with Gasteiger partial charge in [-0.2, -0.15) is 0 Å². The molecule has 2 aromatic carbocycles. The van der Waals surface area contributed by atoms with Gasteiger partial charge in [0.2, 0.25) is 0 Å². The molecule has 0 unspecified atom stereocenters. The van der Waals surface area contributed by atoms with Crippen molar-refractivity contribution >= 4 is 28.2 Å². The molecule has 0 radical (unpaired) electrons. The summed E-state index contributed by atoms with van der Waals surface area (Å²) in [7, 11) is 0. The van der Waals surface area contributed by atoms with Gasteiger partial charge in [0, 0.05) is 21.7 Å². The lowest BCUT2D eigenvalue weighted by Crippen LogP contribution is -1.82. The SMILES string of the molecule is Nc1ccc2c(-c3cccc(Cl)c3)onc2c1. The van der Waals surface area contributed by atoms with E-state index in [1.165, 1.54) is 0 Å². The number of hydrogen-bond donors (Lipinski definition) is 1. The molecule has 2 N–H and O–H groups in total. The van der Waals surface area contributed by atoms with Gasteiger partial charge in [0.25, 0.3) is 0 Å². The van der Waals surface area contributed by atoms with Crippen LogP contribution in [0.3, 0.4) is 0 Å². The van der Waals surface area contributed by atoms with Gasteiger partial charge in [-0.1, -0.05) is 28.9 Å². The lowest BCUT2D eigenvalue weighted by molar-refractivity contribution is 0.441. The van der Waals surface area contributed by atoms with Crippen molar-refractivity contribution in [2.24, 2.45) is 0 Å². The van der Waals surface area contributed by atoms with Crippen LogP contribution in [0.25, 0.3) is 22.2 Å². The van der Waals surface area contributed by atoms with Crippen LogP contribution < -0.4 is 5.73 Å². The number of rotatable bonds is 1. The number of hydrogen-bond acceptors (Lipinski definition) is 3. The van der Waals surface area contributed by atoms with Crippen LogP contribution in [-0.4, -0.2) is 5.16 Å². The normalized spacial score (nSPS) is 10.9. The monoisotopic (exact) mass is 244 g/mol. The smallest absolute Gasteiger partial charge is 0.174 e. The fourth-order valence-corrected chi connectivity index (χ4v) is 1.99. The molecule has 17 heavy (non-hydrogen) atoms. The Morgan fingerprint density at radius 2 is 2.00 bits per heavy atom. The van der Waals surface area contributed by atoms with Crippen molar-refractivity contribution in [3.05, 3.63) is 47.5 Å². The Balaban J connectivity index is 2.24. The molecule has 0 aliphatic heterocycles. The van der Waals surface area contributed by atoms with Crippen LogP contribution in [-0.2, 0) is 0 Å². The van der Waals surface area contributed by atoms with E-state index in [0.717, 1.165) is 16.5 Å². The van der Waals surface area contributed by atoms with E-state index in [-0.39, 0.29) is 0 Å². The molecule has 84 valence electrons. The van der Waals surface area contributed by atoms with Gasteiger partial charge in [0.05, 0.1) is 0 Å². The molecule has 0 aliphatic carbocycles. The Bertz CT molecular complexity index is 691. The molecule has 3 nitrogen and oxygen atoms in total. The Hall–Kier alpha value is -2.00. The van der Waals surface area contributed by atoms with Crippen LogP contribution >= 0.6 is 11.6 Å². The summed E-state index contributed by atoms with van der Waals surface area (Å²) in [6.07, 6.45) is 0. The Morgan fingerprint density at radius 3 is 2.82 bits per heavy atom. The first-order chi connectivity index (χ1) is 8.24. The van der Waals surface area contributed by atoms with Crippen LogP contribution in [0.4, 0.5) is 5.69 Å². The average molecular weight is 245 g/mol. The maximum absolute atomic E-state index is 5.96. The molecule has 3 aromatic rings. The zero-order chi connectivity index (χ0) is 11.8.